The summed E-state index contributed by atoms with van der Waals surface area (Å²) in [6.45, 7) is 13.6. The maximum Gasteiger partial charge on any atom is 0.276 e. The largest absolute Gasteiger partial charge is 0.393 e. The molecule has 10 aromatic heterocycles. The second-order valence-corrected chi connectivity index (χ2v) is 38.2. The minimum absolute atomic E-state index is 0.120. The molecule has 2 atom stereocenters. The van der Waals surface area contributed by atoms with Crippen LogP contribution in [0.25, 0.3) is 88.1 Å². The molecule has 4 amide bonds. The molecule has 6 aromatic carbocycles. The molecular formula is C108H104F6N26O6. The van der Waals surface area contributed by atoms with E-state index < -0.39 is 23.2 Å². The number of hydrogen-bond donors (Lipinski definition) is 9. The first kappa shape index (κ1) is 98.7. The number of nitrogens with zero attached hydrogens (tertiary/aromatic N) is 18. The SMILES string of the molecule is CC1(F)CCN(c2ccc(NC(=O)c3n[nH]c4ccc(-c5cncc(CN6CCC(O)CC6)c5)cc34)cn2)C1.CC1(F)CCN(c2ccc(NC(=O)c3n[nH]c4ccc(-c5cncc(CN6CCOCC6)c5)cc34)cn2)C1.N#Cc1ccc(NC(=O)c2n[nH]c3ccc(-c4cncc(CN5CCC(F)(F)C5)c4)cc23)cc1.N#Cc1ccc(NC(=O)c2n[nH]c3ccc(-c4cncc(CN5CCC(F)(F)CC5)c4)cc23)cc1. The number of nitriles is 2. The van der Waals surface area contributed by atoms with Crippen molar-refractivity contribution in [1.29, 1.82) is 10.5 Å². The van der Waals surface area contributed by atoms with Crippen LogP contribution in [0, 0.1) is 22.7 Å². The van der Waals surface area contributed by atoms with E-state index in [2.05, 4.69) is 114 Å². The van der Waals surface area contributed by atoms with Gasteiger partial charge in [0, 0.05) is 222 Å². The molecule has 6 fully saturated rings. The van der Waals surface area contributed by atoms with Gasteiger partial charge in [-0.2, -0.15) is 30.9 Å². The summed E-state index contributed by atoms with van der Waals surface area (Å²) in [5, 5.41) is 70.3. The fourth-order valence-corrected chi connectivity index (χ4v) is 18.8. The quantitative estimate of drug-likeness (QED) is 0.0285. The highest BCUT2D eigenvalue weighted by molar-refractivity contribution is 6.15. The van der Waals surface area contributed by atoms with Gasteiger partial charge in [-0.05, 0) is 217 Å². The smallest absolute Gasteiger partial charge is 0.276 e. The average Bonchev–Trinajstić information content (AvgIpc) is 1.64. The van der Waals surface area contributed by atoms with Crippen molar-refractivity contribution in [2.24, 2.45) is 0 Å². The first-order valence-corrected chi connectivity index (χ1v) is 48.2. The summed E-state index contributed by atoms with van der Waals surface area (Å²) in [4.78, 5) is 90.7. The van der Waals surface area contributed by atoms with Crippen LogP contribution in [0.1, 0.15) is 134 Å². The van der Waals surface area contributed by atoms with E-state index in [0.717, 1.165) is 154 Å². The number of piperidine rings is 2. The number of aromatic nitrogens is 14. The Bertz CT molecular complexity index is 7510. The van der Waals surface area contributed by atoms with E-state index in [0.29, 0.717) is 150 Å². The molecule has 744 valence electrons. The van der Waals surface area contributed by atoms with Crippen molar-refractivity contribution in [2.75, 3.05) is 123 Å². The molecule has 0 saturated carbocycles. The number of fused-ring (bicyclic) bond motifs is 4. The minimum atomic E-state index is -2.63. The number of morpholine rings is 1. The van der Waals surface area contributed by atoms with Crippen LogP contribution >= 0.6 is 0 Å². The van der Waals surface area contributed by atoms with Crippen molar-refractivity contribution in [3.05, 3.63) is 288 Å². The molecule has 16 aromatic rings. The maximum absolute atomic E-state index is 14.2. The zero-order chi connectivity index (χ0) is 101. The average molecular weight is 1980 g/mol. The number of benzene rings is 6. The number of ether oxygens (including phenoxy) is 1. The standard InChI is InChI=1S/C29H32FN7O2.C28H30FN7O2.C26H22F2N6O.C25H20F2N6O/c1-29(30)8-11-37(18-29)26-5-3-22(16-32-26)33-28(39)27-24-13-20(2-4-25(24)34-35-27)21-12-19(14-31-15-21)17-36-9-6-23(38)7-10-36;1-28(29)6-7-36(18-28)25-5-3-22(16-31-25)32-27(37)26-23-13-20(2-4-24(23)33-34-26)21-12-19(14-30-15-21)17-35-8-10-38-11-9-35;27-26(28)7-9-34(10-8-26)16-18-11-20(15-30-14-18)19-3-6-23-22(12-19)24(33-32-23)25(35)31-21-4-1-17(13-29)2-5-21;26-25(27)7-8-33(15-25)14-17-9-19(13-29-12-17)18-3-6-22-21(10-18)23(32-31-22)24(34)30-20-4-1-16(11-28)2-5-20/h2-5,12-16,23,38H,6-11,17-18H2,1H3,(H,33,39)(H,34,35);2-5,12-16H,6-11,17-18H2,1H3,(H,32,37)(H,33,34);1-6,11-12,14-15H,7-10,16H2,(H,31,35)(H,32,33);1-6,9-10,12-13H,7-8,14-15H2,(H,30,34)(H,31,32). The number of carbonyl (C=O) groups excluding carboxylic acids is 4. The lowest BCUT2D eigenvalue weighted by molar-refractivity contribution is -0.0566. The van der Waals surface area contributed by atoms with Crippen LogP contribution in [0.15, 0.2) is 232 Å². The predicted molar refractivity (Wildman–Crippen MR) is 543 cm³/mol. The highest BCUT2D eigenvalue weighted by atomic mass is 19.3. The number of nitrogens with one attached hydrogen (secondary N) is 8. The van der Waals surface area contributed by atoms with Crippen LogP contribution in [-0.4, -0.2) is 240 Å². The molecule has 146 heavy (non-hydrogen) atoms. The van der Waals surface area contributed by atoms with Crippen LogP contribution < -0.4 is 31.1 Å². The van der Waals surface area contributed by atoms with Crippen molar-refractivity contribution < 1.29 is 55.4 Å². The first-order valence-electron chi connectivity index (χ1n) is 48.2. The molecule has 16 heterocycles. The molecule has 9 N–H and O–H groups in total. The van der Waals surface area contributed by atoms with Gasteiger partial charge in [0.25, 0.3) is 35.5 Å². The van der Waals surface area contributed by atoms with E-state index in [1.54, 1.807) is 129 Å². The highest BCUT2D eigenvalue weighted by Crippen LogP contribution is 2.38. The highest BCUT2D eigenvalue weighted by Gasteiger charge is 2.40. The van der Waals surface area contributed by atoms with E-state index in [4.69, 9.17) is 15.3 Å². The third-order valence-corrected chi connectivity index (χ3v) is 26.8. The van der Waals surface area contributed by atoms with E-state index in [1.807, 2.05) is 137 Å². The van der Waals surface area contributed by atoms with Gasteiger partial charge in [-0.15, -0.1) is 0 Å². The first-order chi connectivity index (χ1) is 70.6. The lowest BCUT2D eigenvalue weighted by Gasteiger charge is -2.31. The predicted octanol–water partition coefficient (Wildman–Crippen LogP) is 17.8. The number of aliphatic hydroxyl groups excluding tert-OH is 1. The second kappa shape index (κ2) is 43.2. The number of alkyl halides is 6. The van der Waals surface area contributed by atoms with E-state index >= 15 is 0 Å². The van der Waals surface area contributed by atoms with E-state index in [1.165, 1.54) is 0 Å². The summed E-state index contributed by atoms with van der Waals surface area (Å²) in [7, 11) is 0. The Balaban J connectivity index is 0.000000123. The van der Waals surface area contributed by atoms with E-state index in [-0.39, 0.29) is 66.9 Å². The van der Waals surface area contributed by atoms with Crippen molar-refractivity contribution in [1.82, 2.24) is 90.3 Å². The van der Waals surface area contributed by atoms with Crippen LogP contribution in [-0.2, 0) is 30.9 Å². The third-order valence-electron chi connectivity index (χ3n) is 26.8. The van der Waals surface area contributed by atoms with Crippen molar-refractivity contribution in [2.45, 2.75) is 114 Å². The molecule has 32 nitrogen and oxygen atoms in total. The van der Waals surface area contributed by atoms with Gasteiger partial charge < -0.3 is 40.9 Å². The van der Waals surface area contributed by atoms with Crippen LogP contribution in [0.5, 0.6) is 0 Å². The van der Waals surface area contributed by atoms with Crippen LogP contribution in [0.3, 0.4) is 0 Å². The van der Waals surface area contributed by atoms with Crippen molar-refractivity contribution in [3.63, 3.8) is 0 Å². The molecule has 22 rings (SSSR count). The van der Waals surface area contributed by atoms with Crippen molar-refractivity contribution >= 4 is 102 Å². The fourth-order valence-electron chi connectivity index (χ4n) is 18.8. The molecule has 6 aliphatic rings. The minimum Gasteiger partial charge on any atom is -0.393 e. The topological polar surface area (TPSA) is 405 Å². The molecular weight excluding hydrogens is 1870 g/mol. The monoisotopic (exact) mass is 1970 g/mol. The number of hydrogen-bond acceptors (Lipinski definition) is 24. The van der Waals surface area contributed by atoms with Gasteiger partial charge in [0.05, 0.1) is 108 Å². The number of pyridine rings is 6. The second-order valence-electron chi connectivity index (χ2n) is 38.2. The lowest BCUT2D eigenvalue weighted by atomic mass is 10.0. The van der Waals surface area contributed by atoms with Gasteiger partial charge in [-0.3, -0.25) is 79.1 Å². The third kappa shape index (κ3) is 24.3. The van der Waals surface area contributed by atoms with Crippen molar-refractivity contribution in [3.8, 4) is 56.6 Å². The van der Waals surface area contributed by atoms with Gasteiger partial charge in [-0.1, -0.05) is 24.3 Å². The molecule has 38 heteroatoms. The Morgan fingerprint density at radius 3 is 0.993 bits per heavy atom. The number of anilines is 6. The molecule has 0 bridgehead atoms. The molecule has 2 unspecified atom stereocenters. The molecule has 0 radical (unpaired) electrons. The summed E-state index contributed by atoms with van der Waals surface area (Å²) in [5.41, 5.74) is 16.1. The fraction of sp³-hybridized carbons (Fsp3) is 0.296. The number of rotatable bonds is 22. The summed E-state index contributed by atoms with van der Waals surface area (Å²) in [6, 6.07) is 55.6. The van der Waals surface area contributed by atoms with Gasteiger partial charge in [-0.25, -0.2) is 36.3 Å². The zero-order valence-corrected chi connectivity index (χ0v) is 80.0. The van der Waals surface area contributed by atoms with Crippen LogP contribution in [0.2, 0.25) is 0 Å². The lowest BCUT2D eigenvalue weighted by Crippen LogP contribution is -2.38. The molecule has 0 aliphatic carbocycles. The number of halogens is 6. The summed E-state index contributed by atoms with van der Waals surface area (Å²) in [6.07, 6.45) is 19.5. The van der Waals surface area contributed by atoms with Gasteiger partial charge in [0.15, 0.2) is 22.8 Å². The Morgan fingerprint density at radius 2 is 0.678 bits per heavy atom. The number of amides is 4. The van der Waals surface area contributed by atoms with Gasteiger partial charge in [0.1, 0.15) is 23.0 Å². The molecule has 0 spiro atoms. The normalized spacial score (nSPS) is 18.0. The summed E-state index contributed by atoms with van der Waals surface area (Å²) in [5.74, 6) is -5.24. The van der Waals surface area contributed by atoms with Gasteiger partial charge in [0.2, 0.25) is 0 Å². The number of likely N-dealkylation sites (tertiary alicyclic amines) is 3. The van der Waals surface area contributed by atoms with Crippen LogP contribution in [0.4, 0.5) is 60.7 Å². The Kier molecular flexibility index (Phi) is 29.2. The zero-order valence-electron chi connectivity index (χ0n) is 80.0. The Morgan fingerprint density at radius 1 is 0.363 bits per heavy atom. The molecule has 6 saturated heterocycles. The number of H-pyrrole nitrogens is 4. The number of carbonyl (C=O) groups is 4. The maximum atomic E-state index is 14.2. The summed E-state index contributed by atoms with van der Waals surface area (Å²) < 4.78 is 87.8. The number of aromatic amines is 4. The molecule has 6 aliphatic heterocycles. The van der Waals surface area contributed by atoms with E-state index in [9.17, 15) is 50.6 Å². The number of aliphatic hydroxyl groups is 1. The Hall–Kier alpha value is -16.1. The summed E-state index contributed by atoms with van der Waals surface area (Å²) >= 11 is 0. The Labute approximate surface area is 835 Å². The van der Waals surface area contributed by atoms with Gasteiger partial charge >= 0.3 is 0 Å².